The second-order valence-electron chi connectivity index (χ2n) is 8.65. The van der Waals surface area contributed by atoms with E-state index < -0.39 is 7.75 Å². The van der Waals surface area contributed by atoms with Gasteiger partial charge in [-0.2, -0.15) is 0 Å². The van der Waals surface area contributed by atoms with Crippen LogP contribution < -0.4 is 5.50 Å². The lowest BCUT2D eigenvalue weighted by Gasteiger charge is -2.30. The summed E-state index contributed by atoms with van der Waals surface area (Å²) in [6.45, 7) is 12.3. The molecule has 33 heavy (non-hydrogen) atoms. The molecule has 0 heterocycles. The first kappa shape index (κ1) is 28.5. The average molecular weight is 510 g/mol. The topological polar surface area (TPSA) is 61.5 Å². The molecule has 0 saturated heterocycles. The van der Waals surface area contributed by atoms with Gasteiger partial charge in [0.25, 0.3) is 0 Å². The first-order valence-electron chi connectivity index (χ1n) is 11.6. The van der Waals surface area contributed by atoms with Crippen LogP contribution in [0, 0.1) is 13.8 Å². The standard InChI is InChI=1S/C26H40NO3PS2/c1-9-23(21-11-13-25(32-7)17(3)15-21)19(5)29-31(27,28)30-20(6)24(10-2)22-12-14-26(33-8)18(4)16-22/h11-16,19-20,23-24H,9-10H2,1-8H3,(H2,27,28). The molecule has 0 radical (unpaired) electrons. The number of hydrogen-bond donors (Lipinski definition) is 1. The summed E-state index contributed by atoms with van der Waals surface area (Å²) in [5.41, 5.74) is 10.9. The molecule has 2 rings (SSSR count). The first-order chi connectivity index (χ1) is 15.6. The molecular weight excluding hydrogens is 469 g/mol. The fourth-order valence-electron chi connectivity index (χ4n) is 4.58. The van der Waals surface area contributed by atoms with Gasteiger partial charge in [0, 0.05) is 21.6 Å². The van der Waals surface area contributed by atoms with E-state index in [-0.39, 0.29) is 24.0 Å². The molecule has 0 fully saturated rings. The van der Waals surface area contributed by atoms with Gasteiger partial charge >= 0.3 is 7.75 Å². The number of nitrogens with two attached hydrogens (primary N) is 1. The number of benzene rings is 2. The average Bonchev–Trinajstić information content (AvgIpc) is 2.74. The normalized spacial score (nSPS) is 17.2. The van der Waals surface area contributed by atoms with Crippen LogP contribution in [0.1, 0.15) is 74.6 Å². The molecule has 2 aromatic rings. The van der Waals surface area contributed by atoms with Crippen molar-refractivity contribution < 1.29 is 13.6 Å². The van der Waals surface area contributed by atoms with Crippen molar-refractivity contribution in [3.8, 4) is 0 Å². The van der Waals surface area contributed by atoms with Crippen molar-refractivity contribution in [2.45, 2.75) is 88.2 Å². The minimum Gasteiger partial charge on any atom is -0.293 e. The summed E-state index contributed by atoms with van der Waals surface area (Å²) in [4.78, 5) is 2.52. The molecule has 0 aliphatic rings. The molecule has 4 atom stereocenters. The molecule has 0 aliphatic heterocycles. The third kappa shape index (κ3) is 7.62. The number of aryl methyl sites for hydroxylation is 2. The molecule has 4 unspecified atom stereocenters. The van der Waals surface area contributed by atoms with Crippen molar-refractivity contribution in [1.29, 1.82) is 0 Å². The summed E-state index contributed by atoms with van der Waals surface area (Å²) in [5.74, 6) is 0.165. The first-order valence-corrected chi connectivity index (χ1v) is 15.7. The zero-order valence-corrected chi connectivity index (χ0v) is 23.8. The monoisotopic (exact) mass is 509 g/mol. The van der Waals surface area contributed by atoms with E-state index in [0.29, 0.717) is 0 Å². The zero-order valence-electron chi connectivity index (χ0n) is 21.3. The lowest BCUT2D eigenvalue weighted by atomic mass is 9.91. The summed E-state index contributed by atoms with van der Waals surface area (Å²) in [6.07, 6.45) is 5.20. The quantitative estimate of drug-likeness (QED) is 0.229. The third-order valence-electron chi connectivity index (χ3n) is 6.33. The van der Waals surface area contributed by atoms with Gasteiger partial charge in [0.05, 0.1) is 12.2 Å². The van der Waals surface area contributed by atoms with Crippen LogP contribution in [0.4, 0.5) is 0 Å². The molecule has 0 bridgehead atoms. The molecule has 0 amide bonds. The predicted molar refractivity (Wildman–Crippen MR) is 145 cm³/mol. The van der Waals surface area contributed by atoms with Crippen molar-refractivity contribution in [1.82, 2.24) is 0 Å². The Morgan fingerprint density at radius 3 is 1.45 bits per heavy atom. The van der Waals surface area contributed by atoms with Crippen LogP contribution in [0.25, 0.3) is 0 Å². The Morgan fingerprint density at radius 1 is 0.818 bits per heavy atom. The second-order valence-corrected chi connectivity index (χ2v) is 11.8. The fraction of sp³-hybridized carbons (Fsp3) is 0.538. The van der Waals surface area contributed by atoms with Crippen molar-refractivity contribution >= 4 is 31.3 Å². The summed E-state index contributed by atoms with van der Waals surface area (Å²) in [7, 11) is -3.74. The van der Waals surface area contributed by atoms with E-state index in [4.69, 9.17) is 14.6 Å². The molecule has 0 aromatic heterocycles. The van der Waals surface area contributed by atoms with Crippen LogP contribution in [0.5, 0.6) is 0 Å². The van der Waals surface area contributed by atoms with Crippen molar-refractivity contribution in [2.24, 2.45) is 5.50 Å². The van der Waals surface area contributed by atoms with E-state index in [0.717, 1.165) is 12.8 Å². The Labute approximate surface area is 209 Å². The molecule has 0 saturated carbocycles. The van der Waals surface area contributed by atoms with Gasteiger partial charge in [-0.3, -0.25) is 9.05 Å². The van der Waals surface area contributed by atoms with E-state index in [1.54, 1.807) is 23.5 Å². The Balaban J connectivity index is 2.13. The summed E-state index contributed by atoms with van der Waals surface area (Å²) in [6, 6.07) is 12.9. The van der Waals surface area contributed by atoms with Gasteiger partial charge in [-0.15, -0.1) is 23.5 Å². The molecule has 0 aliphatic carbocycles. The van der Waals surface area contributed by atoms with Crippen molar-refractivity contribution in [2.75, 3.05) is 12.5 Å². The Morgan fingerprint density at radius 2 is 1.18 bits per heavy atom. The van der Waals surface area contributed by atoms with Crippen LogP contribution in [0.2, 0.25) is 0 Å². The zero-order chi connectivity index (χ0) is 24.8. The number of hydrogen-bond acceptors (Lipinski definition) is 5. The summed E-state index contributed by atoms with van der Waals surface area (Å²) >= 11 is 3.47. The largest absolute Gasteiger partial charge is 0.403 e. The van der Waals surface area contributed by atoms with Crippen LogP contribution in [0.3, 0.4) is 0 Å². The maximum Gasteiger partial charge on any atom is 0.403 e. The second kappa shape index (κ2) is 12.8. The summed E-state index contributed by atoms with van der Waals surface area (Å²) in [5, 5.41) is 0. The molecule has 0 spiro atoms. The highest BCUT2D eigenvalue weighted by atomic mass is 32.2. The van der Waals surface area contributed by atoms with Crippen molar-refractivity contribution in [3.63, 3.8) is 0 Å². The maximum atomic E-state index is 13.2. The number of rotatable bonds is 12. The Hall–Kier alpha value is -0.750. The van der Waals surface area contributed by atoms with Crippen LogP contribution in [0.15, 0.2) is 46.2 Å². The van der Waals surface area contributed by atoms with Crippen LogP contribution >= 0.6 is 31.3 Å². The smallest absolute Gasteiger partial charge is 0.293 e. The minimum absolute atomic E-state index is 0.0825. The SMILES string of the molecule is CCC(c1ccc(SC)c(C)c1)C(C)OP(N)(=O)OC(C)C(CC)c1ccc(SC)c(C)c1. The highest BCUT2D eigenvalue weighted by molar-refractivity contribution is 7.98. The fourth-order valence-corrected chi connectivity index (χ4v) is 7.02. The highest BCUT2D eigenvalue weighted by Gasteiger charge is 2.32. The van der Waals surface area contributed by atoms with Gasteiger partial charge in [-0.05, 0) is 87.4 Å². The molecule has 2 N–H and O–H groups in total. The molecule has 2 aromatic carbocycles. The van der Waals surface area contributed by atoms with E-state index in [2.05, 4.69) is 76.6 Å². The molecule has 7 heteroatoms. The third-order valence-corrected chi connectivity index (χ3v) is 9.38. The predicted octanol–water partition coefficient (Wildman–Crippen LogP) is 8.31. The molecule has 184 valence electrons. The van der Waals surface area contributed by atoms with Gasteiger partial charge < -0.3 is 0 Å². The van der Waals surface area contributed by atoms with E-state index in [1.165, 1.54) is 32.0 Å². The van der Waals surface area contributed by atoms with E-state index >= 15 is 0 Å². The number of thioether (sulfide) groups is 2. The van der Waals surface area contributed by atoms with Crippen LogP contribution in [-0.2, 0) is 13.6 Å². The lowest BCUT2D eigenvalue weighted by Crippen LogP contribution is -2.24. The van der Waals surface area contributed by atoms with Gasteiger partial charge in [-0.25, -0.2) is 10.1 Å². The van der Waals surface area contributed by atoms with E-state index in [9.17, 15) is 4.57 Å². The maximum absolute atomic E-state index is 13.2. The Kier molecular flexibility index (Phi) is 11.1. The van der Waals surface area contributed by atoms with Crippen molar-refractivity contribution in [3.05, 3.63) is 58.7 Å². The van der Waals surface area contributed by atoms with Gasteiger partial charge in [0.1, 0.15) is 0 Å². The molecule has 4 nitrogen and oxygen atoms in total. The van der Waals surface area contributed by atoms with Gasteiger partial charge in [-0.1, -0.05) is 38.1 Å². The summed E-state index contributed by atoms with van der Waals surface area (Å²) < 4.78 is 25.0. The molecular formula is C26H40NO3PS2. The Bertz CT molecular complexity index is 895. The van der Waals surface area contributed by atoms with Gasteiger partial charge in [0.15, 0.2) is 0 Å². The lowest BCUT2D eigenvalue weighted by molar-refractivity contribution is 0.101. The van der Waals surface area contributed by atoms with Gasteiger partial charge in [0.2, 0.25) is 0 Å². The highest BCUT2D eigenvalue weighted by Crippen LogP contribution is 2.47. The van der Waals surface area contributed by atoms with E-state index in [1.807, 2.05) is 13.8 Å². The minimum atomic E-state index is -3.74. The van der Waals surface area contributed by atoms with Crippen LogP contribution in [-0.4, -0.2) is 24.7 Å².